The largest absolute Gasteiger partial charge is 0.341 e. The lowest BCUT2D eigenvalue weighted by molar-refractivity contribution is 0.516. The minimum Gasteiger partial charge on any atom is -0.341 e. The molecule has 0 atom stereocenters. The minimum absolute atomic E-state index is 0.702. The van der Waals surface area contributed by atoms with Crippen LogP contribution in [0.1, 0.15) is 31.5 Å². The first-order valence-electron chi connectivity index (χ1n) is 6.09. The van der Waals surface area contributed by atoms with Crippen molar-refractivity contribution in [1.82, 2.24) is 15.3 Å². The van der Waals surface area contributed by atoms with Gasteiger partial charge in [0.1, 0.15) is 5.82 Å². The SMILES string of the molecule is c1ccc2[nH]c(CNC3CCCC3)nc2c1. The number of fused-ring (bicyclic) bond motifs is 1. The molecule has 0 spiro atoms. The van der Waals surface area contributed by atoms with E-state index in [0.717, 1.165) is 23.4 Å². The van der Waals surface area contributed by atoms with Gasteiger partial charge >= 0.3 is 0 Å². The zero-order chi connectivity index (χ0) is 10.8. The van der Waals surface area contributed by atoms with Crippen molar-refractivity contribution in [3.05, 3.63) is 30.1 Å². The van der Waals surface area contributed by atoms with E-state index in [-0.39, 0.29) is 0 Å². The first-order chi connectivity index (χ1) is 7.92. The third kappa shape index (κ3) is 1.95. The van der Waals surface area contributed by atoms with Gasteiger partial charge in [0.2, 0.25) is 0 Å². The highest BCUT2D eigenvalue weighted by Crippen LogP contribution is 2.18. The van der Waals surface area contributed by atoms with Crippen LogP contribution >= 0.6 is 0 Å². The maximum absolute atomic E-state index is 4.56. The van der Waals surface area contributed by atoms with Crippen LogP contribution in [0.2, 0.25) is 0 Å². The van der Waals surface area contributed by atoms with Crippen LogP contribution in [0.25, 0.3) is 11.0 Å². The fourth-order valence-corrected chi connectivity index (χ4v) is 2.46. The van der Waals surface area contributed by atoms with Gasteiger partial charge in [-0.1, -0.05) is 25.0 Å². The van der Waals surface area contributed by atoms with Gasteiger partial charge in [0.15, 0.2) is 0 Å². The molecular weight excluding hydrogens is 198 g/mol. The van der Waals surface area contributed by atoms with Gasteiger partial charge in [-0.3, -0.25) is 0 Å². The fraction of sp³-hybridized carbons (Fsp3) is 0.462. The Morgan fingerprint density at radius 1 is 1.25 bits per heavy atom. The summed E-state index contributed by atoms with van der Waals surface area (Å²) < 4.78 is 0. The molecule has 0 saturated heterocycles. The van der Waals surface area contributed by atoms with Crippen LogP contribution in [0.4, 0.5) is 0 Å². The number of imidazole rings is 1. The Bertz CT molecular complexity index is 436. The van der Waals surface area contributed by atoms with Gasteiger partial charge in [0.05, 0.1) is 17.6 Å². The molecule has 0 amide bonds. The van der Waals surface area contributed by atoms with Crippen LogP contribution in [0.15, 0.2) is 24.3 Å². The molecule has 16 heavy (non-hydrogen) atoms. The number of nitrogens with zero attached hydrogens (tertiary/aromatic N) is 1. The third-order valence-corrected chi connectivity index (χ3v) is 3.35. The van der Waals surface area contributed by atoms with Crippen molar-refractivity contribution in [3.8, 4) is 0 Å². The highest BCUT2D eigenvalue weighted by Gasteiger charge is 2.14. The monoisotopic (exact) mass is 215 g/mol. The molecule has 2 N–H and O–H groups in total. The van der Waals surface area contributed by atoms with Gasteiger partial charge in [-0.25, -0.2) is 4.98 Å². The van der Waals surface area contributed by atoms with Crippen molar-refractivity contribution in [3.63, 3.8) is 0 Å². The molecule has 3 heteroatoms. The lowest BCUT2D eigenvalue weighted by atomic mass is 10.2. The number of benzene rings is 1. The van der Waals surface area contributed by atoms with E-state index in [0.29, 0.717) is 6.04 Å². The molecule has 1 aromatic carbocycles. The van der Waals surface area contributed by atoms with E-state index in [1.807, 2.05) is 18.2 Å². The predicted molar refractivity (Wildman–Crippen MR) is 65.2 cm³/mol. The van der Waals surface area contributed by atoms with Gasteiger partial charge in [-0.2, -0.15) is 0 Å². The quantitative estimate of drug-likeness (QED) is 0.826. The van der Waals surface area contributed by atoms with E-state index in [4.69, 9.17) is 0 Å². The van der Waals surface area contributed by atoms with Gasteiger partial charge < -0.3 is 10.3 Å². The second-order valence-corrected chi connectivity index (χ2v) is 4.56. The molecule has 0 bridgehead atoms. The molecule has 1 aliphatic carbocycles. The molecule has 0 radical (unpaired) electrons. The molecular formula is C13H17N3. The lowest BCUT2D eigenvalue weighted by Gasteiger charge is -2.09. The predicted octanol–water partition coefficient (Wildman–Crippen LogP) is 2.60. The zero-order valence-electron chi connectivity index (χ0n) is 9.37. The average Bonchev–Trinajstić information content (AvgIpc) is 2.95. The smallest absolute Gasteiger partial charge is 0.121 e. The highest BCUT2D eigenvalue weighted by molar-refractivity contribution is 5.74. The molecule has 1 aliphatic rings. The van der Waals surface area contributed by atoms with Gasteiger partial charge in [0, 0.05) is 6.04 Å². The highest BCUT2D eigenvalue weighted by atomic mass is 15.0. The summed E-state index contributed by atoms with van der Waals surface area (Å²) in [6.07, 6.45) is 5.38. The van der Waals surface area contributed by atoms with Crippen molar-refractivity contribution < 1.29 is 0 Å². The van der Waals surface area contributed by atoms with Crippen molar-refractivity contribution in [2.24, 2.45) is 0 Å². The summed E-state index contributed by atoms with van der Waals surface area (Å²) in [6, 6.07) is 8.88. The van der Waals surface area contributed by atoms with E-state index in [1.165, 1.54) is 25.7 Å². The van der Waals surface area contributed by atoms with Crippen LogP contribution in [-0.2, 0) is 6.54 Å². The third-order valence-electron chi connectivity index (χ3n) is 3.35. The Morgan fingerprint density at radius 2 is 2.06 bits per heavy atom. The molecule has 3 rings (SSSR count). The van der Waals surface area contributed by atoms with Gasteiger partial charge in [-0.15, -0.1) is 0 Å². The first-order valence-corrected chi connectivity index (χ1v) is 6.09. The number of rotatable bonds is 3. The number of hydrogen-bond donors (Lipinski definition) is 2. The van der Waals surface area contributed by atoms with Crippen molar-refractivity contribution in [2.45, 2.75) is 38.3 Å². The topological polar surface area (TPSA) is 40.7 Å². The number of H-pyrrole nitrogens is 1. The Labute approximate surface area is 95.3 Å². The average molecular weight is 215 g/mol. The summed E-state index contributed by atoms with van der Waals surface area (Å²) in [5.74, 6) is 1.05. The Kier molecular flexibility index (Phi) is 2.62. The standard InChI is InChI=1S/C13H17N3/c1-2-6-10(5-1)14-9-13-15-11-7-3-4-8-12(11)16-13/h3-4,7-8,10,14H,1-2,5-6,9H2,(H,15,16). The van der Waals surface area contributed by atoms with E-state index in [2.05, 4.69) is 21.4 Å². The van der Waals surface area contributed by atoms with E-state index >= 15 is 0 Å². The zero-order valence-corrected chi connectivity index (χ0v) is 9.37. The fourth-order valence-electron chi connectivity index (χ4n) is 2.46. The molecule has 1 aromatic heterocycles. The van der Waals surface area contributed by atoms with Crippen LogP contribution in [0, 0.1) is 0 Å². The van der Waals surface area contributed by atoms with Crippen molar-refractivity contribution in [1.29, 1.82) is 0 Å². The van der Waals surface area contributed by atoms with Crippen LogP contribution < -0.4 is 5.32 Å². The van der Waals surface area contributed by atoms with Crippen molar-refractivity contribution >= 4 is 11.0 Å². The van der Waals surface area contributed by atoms with E-state index < -0.39 is 0 Å². The Balaban J connectivity index is 1.69. The van der Waals surface area contributed by atoms with E-state index in [9.17, 15) is 0 Å². The molecule has 1 heterocycles. The first kappa shape index (κ1) is 9.85. The molecule has 1 fully saturated rings. The number of para-hydroxylation sites is 2. The van der Waals surface area contributed by atoms with Gasteiger partial charge in [-0.05, 0) is 25.0 Å². The summed E-state index contributed by atoms with van der Waals surface area (Å²) in [6.45, 7) is 0.860. The summed E-state index contributed by atoms with van der Waals surface area (Å²) in [5, 5.41) is 3.57. The van der Waals surface area contributed by atoms with Crippen LogP contribution in [0.3, 0.4) is 0 Å². The number of hydrogen-bond acceptors (Lipinski definition) is 2. The van der Waals surface area contributed by atoms with Crippen LogP contribution in [-0.4, -0.2) is 16.0 Å². The summed E-state index contributed by atoms with van der Waals surface area (Å²) in [7, 11) is 0. The number of aromatic nitrogens is 2. The molecule has 2 aromatic rings. The number of aromatic amines is 1. The molecule has 3 nitrogen and oxygen atoms in total. The second kappa shape index (κ2) is 4.26. The summed E-state index contributed by atoms with van der Waals surface area (Å²) >= 11 is 0. The van der Waals surface area contributed by atoms with E-state index in [1.54, 1.807) is 0 Å². The molecule has 84 valence electrons. The molecule has 1 saturated carbocycles. The summed E-state index contributed by atoms with van der Waals surface area (Å²) in [5.41, 5.74) is 2.19. The maximum Gasteiger partial charge on any atom is 0.121 e. The molecule has 0 unspecified atom stereocenters. The Hall–Kier alpha value is -1.35. The van der Waals surface area contributed by atoms with Crippen molar-refractivity contribution in [2.75, 3.05) is 0 Å². The number of nitrogens with one attached hydrogen (secondary N) is 2. The second-order valence-electron chi connectivity index (χ2n) is 4.56. The Morgan fingerprint density at radius 3 is 2.88 bits per heavy atom. The van der Waals surface area contributed by atoms with Crippen LogP contribution in [0.5, 0.6) is 0 Å². The minimum atomic E-state index is 0.702. The lowest BCUT2D eigenvalue weighted by Crippen LogP contribution is -2.25. The molecule has 0 aliphatic heterocycles. The summed E-state index contributed by atoms with van der Waals surface area (Å²) in [4.78, 5) is 7.90. The maximum atomic E-state index is 4.56. The van der Waals surface area contributed by atoms with Gasteiger partial charge in [0.25, 0.3) is 0 Å². The normalized spacial score (nSPS) is 17.2.